The van der Waals surface area contributed by atoms with Gasteiger partial charge in [0.2, 0.25) is 0 Å². The van der Waals surface area contributed by atoms with E-state index in [0.29, 0.717) is 28.3 Å². The highest BCUT2D eigenvalue weighted by molar-refractivity contribution is 5.93. The minimum atomic E-state index is -0.707. The van der Waals surface area contributed by atoms with Gasteiger partial charge in [-0.3, -0.25) is 4.57 Å². The Bertz CT molecular complexity index is 1290. The lowest BCUT2D eigenvalue weighted by molar-refractivity contribution is 0.415. The van der Waals surface area contributed by atoms with E-state index in [4.69, 9.17) is 4.74 Å². The molecule has 0 amide bonds. The number of benzene rings is 3. The minimum Gasteiger partial charge on any atom is -0.497 e. The molecule has 0 N–H and O–H groups in total. The molecule has 31 heavy (non-hydrogen) atoms. The van der Waals surface area contributed by atoms with Gasteiger partial charge in [-0.15, -0.1) is 0 Å². The van der Waals surface area contributed by atoms with Crippen LogP contribution >= 0.6 is 0 Å². The summed E-state index contributed by atoms with van der Waals surface area (Å²) in [5.41, 5.74) is 2.21. The highest BCUT2D eigenvalue weighted by Gasteiger charge is 2.17. The zero-order valence-electron chi connectivity index (χ0n) is 17.5. The maximum absolute atomic E-state index is 14.2. The van der Waals surface area contributed by atoms with Gasteiger partial charge in [0, 0.05) is 16.5 Å². The van der Waals surface area contributed by atoms with Gasteiger partial charge in [-0.25, -0.2) is 13.6 Å². The fraction of sp³-hybridized carbons (Fsp3) is 0.200. The molecule has 0 atom stereocenters. The maximum Gasteiger partial charge on any atom is 0.348 e. The van der Waals surface area contributed by atoms with Gasteiger partial charge in [0.1, 0.15) is 17.4 Å². The third-order valence-electron chi connectivity index (χ3n) is 5.42. The van der Waals surface area contributed by atoms with Crippen LogP contribution in [-0.2, 0) is 6.54 Å². The summed E-state index contributed by atoms with van der Waals surface area (Å²) in [5.74, 6) is -0.442. The van der Waals surface area contributed by atoms with Crippen LogP contribution in [0.4, 0.5) is 8.78 Å². The minimum absolute atomic E-state index is 0.183. The molecule has 0 spiro atoms. The van der Waals surface area contributed by atoms with E-state index in [9.17, 15) is 13.6 Å². The van der Waals surface area contributed by atoms with Gasteiger partial charge < -0.3 is 4.74 Å². The van der Waals surface area contributed by atoms with E-state index >= 15 is 0 Å². The van der Waals surface area contributed by atoms with E-state index < -0.39 is 17.3 Å². The van der Waals surface area contributed by atoms with Gasteiger partial charge in [-0.1, -0.05) is 44.2 Å². The molecule has 4 aromatic rings. The molecule has 0 unspecified atom stereocenters. The van der Waals surface area contributed by atoms with Gasteiger partial charge in [0.25, 0.3) is 0 Å². The van der Waals surface area contributed by atoms with Crippen LogP contribution in [0.15, 0.2) is 65.5 Å². The van der Waals surface area contributed by atoms with Crippen LogP contribution in [0.1, 0.15) is 30.9 Å². The molecule has 0 saturated heterocycles. The Balaban J connectivity index is 1.93. The molecule has 0 aliphatic heterocycles. The van der Waals surface area contributed by atoms with Crippen molar-refractivity contribution in [3.8, 4) is 17.0 Å². The summed E-state index contributed by atoms with van der Waals surface area (Å²) in [6.45, 7) is 3.95. The van der Waals surface area contributed by atoms with Crippen LogP contribution in [-0.4, -0.2) is 16.7 Å². The van der Waals surface area contributed by atoms with Crippen molar-refractivity contribution in [3.05, 3.63) is 93.9 Å². The van der Waals surface area contributed by atoms with Gasteiger partial charge in [0.05, 0.1) is 24.9 Å². The zero-order valence-corrected chi connectivity index (χ0v) is 17.5. The highest BCUT2D eigenvalue weighted by Crippen LogP contribution is 2.30. The van der Waals surface area contributed by atoms with Crippen molar-refractivity contribution in [1.82, 2.24) is 9.55 Å². The number of hydrogen-bond acceptors (Lipinski definition) is 3. The Labute approximate surface area is 178 Å². The number of ether oxygens (including phenoxy) is 1. The zero-order chi connectivity index (χ0) is 22.1. The first-order valence-electron chi connectivity index (χ1n) is 10.0. The van der Waals surface area contributed by atoms with Gasteiger partial charge in [-0.05, 0) is 41.8 Å². The fourth-order valence-corrected chi connectivity index (χ4v) is 3.63. The van der Waals surface area contributed by atoms with Crippen molar-refractivity contribution in [1.29, 1.82) is 0 Å². The van der Waals surface area contributed by atoms with E-state index in [1.54, 1.807) is 25.3 Å². The topological polar surface area (TPSA) is 44.1 Å². The third-order valence-corrected chi connectivity index (χ3v) is 5.42. The molecule has 4 nitrogen and oxygen atoms in total. The molecule has 0 bridgehead atoms. The quantitative estimate of drug-likeness (QED) is 0.427. The third kappa shape index (κ3) is 3.93. The van der Waals surface area contributed by atoms with Crippen molar-refractivity contribution >= 4 is 10.9 Å². The van der Waals surface area contributed by atoms with Crippen LogP contribution in [0.2, 0.25) is 0 Å². The van der Waals surface area contributed by atoms with Crippen LogP contribution in [0.5, 0.6) is 5.75 Å². The molecule has 0 radical (unpaired) electrons. The van der Waals surface area contributed by atoms with Crippen LogP contribution in [0.25, 0.3) is 22.2 Å². The number of methoxy groups -OCH3 is 1. The predicted octanol–water partition coefficient (Wildman–Crippen LogP) is 5.52. The van der Waals surface area contributed by atoms with Gasteiger partial charge in [0.15, 0.2) is 0 Å². The lowest BCUT2D eigenvalue weighted by atomic mass is 9.99. The molecule has 3 aromatic carbocycles. The lowest BCUT2D eigenvalue weighted by Crippen LogP contribution is -2.25. The Morgan fingerprint density at radius 1 is 1.00 bits per heavy atom. The van der Waals surface area contributed by atoms with Crippen molar-refractivity contribution in [2.75, 3.05) is 7.11 Å². The monoisotopic (exact) mass is 420 g/mol. The predicted molar refractivity (Wildman–Crippen MR) is 118 cm³/mol. The molecule has 1 heterocycles. The maximum atomic E-state index is 14.2. The first-order valence-corrected chi connectivity index (χ1v) is 10.0. The van der Waals surface area contributed by atoms with Crippen LogP contribution in [0.3, 0.4) is 0 Å². The lowest BCUT2D eigenvalue weighted by Gasteiger charge is -2.15. The summed E-state index contributed by atoms with van der Waals surface area (Å²) in [5, 5.41) is 0.660. The van der Waals surface area contributed by atoms with Crippen LogP contribution < -0.4 is 10.4 Å². The average Bonchev–Trinajstić information content (AvgIpc) is 2.77. The van der Waals surface area contributed by atoms with E-state index in [2.05, 4.69) is 18.8 Å². The normalized spacial score (nSPS) is 11.3. The summed E-state index contributed by atoms with van der Waals surface area (Å²) in [6.07, 6.45) is 0. The van der Waals surface area contributed by atoms with Crippen molar-refractivity contribution in [3.63, 3.8) is 0 Å². The van der Waals surface area contributed by atoms with Crippen molar-refractivity contribution < 1.29 is 13.5 Å². The molecule has 4 rings (SSSR count). The molecule has 0 saturated carbocycles. The summed E-state index contributed by atoms with van der Waals surface area (Å²) >= 11 is 0. The number of hydrogen-bond donors (Lipinski definition) is 0. The molecule has 6 heteroatoms. The van der Waals surface area contributed by atoms with Crippen molar-refractivity contribution in [2.45, 2.75) is 26.3 Å². The molecule has 1 aromatic heterocycles. The van der Waals surface area contributed by atoms with Gasteiger partial charge in [-0.2, -0.15) is 4.98 Å². The number of rotatable bonds is 5. The number of fused-ring (bicyclic) bond motifs is 1. The second kappa shape index (κ2) is 8.30. The van der Waals surface area contributed by atoms with Crippen molar-refractivity contribution in [2.24, 2.45) is 0 Å². The Morgan fingerprint density at radius 3 is 2.29 bits per heavy atom. The first kappa shape index (κ1) is 20.7. The molecule has 0 aliphatic carbocycles. The second-order valence-corrected chi connectivity index (χ2v) is 7.69. The summed E-state index contributed by atoms with van der Waals surface area (Å²) in [7, 11) is 1.55. The summed E-state index contributed by atoms with van der Waals surface area (Å²) < 4.78 is 35.1. The van der Waals surface area contributed by atoms with E-state index in [0.717, 1.165) is 5.56 Å². The van der Waals surface area contributed by atoms with Crippen LogP contribution in [0, 0.1) is 11.6 Å². The average molecular weight is 420 g/mol. The molecule has 0 fully saturated rings. The summed E-state index contributed by atoms with van der Waals surface area (Å²) in [6, 6.07) is 16.7. The SMILES string of the molecule is COc1ccc2c(c1)c(-c1ccc(C(C)C)cc1)nc(=O)n2Cc1c(F)cccc1F. The number of aromatic nitrogens is 2. The number of nitrogens with zero attached hydrogens (tertiary/aromatic N) is 2. The van der Waals surface area contributed by atoms with E-state index in [1.807, 2.05) is 24.3 Å². The Hall–Kier alpha value is -3.54. The first-order chi connectivity index (χ1) is 14.9. The Kier molecular flexibility index (Phi) is 5.55. The molecular formula is C25H22F2N2O2. The number of halogens is 2. The van der Waals surface area contributed by atoms with Gasteiger partial charge >= 0.3 is 5.69 Å². The fourth-order valence-electron chi connectivity index (χ4n) is 3.63. The highest BCUT2D eigenvalue weighted by atomic mass is 19.1. The summed E-state index contributed by atoms with van der Waals surface area (Å²) in [4.78, 5) is 17.2. The smallest absolute Gasteiger partial charge is 0.348 e. The molecular weight excluding hydrogens is 398 g/mol. The van der Waals surface area contributed by atoms with E-state index in [1.165, 1.54) is 28.3 Å². The van der Waals surface area contributed by atoms with E-state index in [-0.39, 0.29) is 12.1 Å². The standard InChI is InChI=1S/C25H22F2N2O2/c1-15(2)16-7-9-17(10-8-16)24-19-13-18(31-3)11-12-23(19)29(25(30)28-24)14-20-21(26)5-4-6-22(20)27/h4-13,15H,14H2,1-3H3. The molecule has 158 valence electrons. The second-order valence-electron chi connectivity index (χ2n) is 7.69. The Morgan fingerprint density at radius 2 is 1.68 bits per heavy atom. The largest absolute Gasteiger partial charge is 0.497 e. The molecule has 0 aliphatic rings.